The Kier molecular flexibility index (Phi) is 2.69. The van der Waals surface area contributed by atoms with E-state index in [2.05, 4.69) is 12.2 Å². The molecule has 1 aromatic rings. The predicted octanol–water partition coefficient (Wildman–Crippen LogP) is 1.72. The number of nitrogens with two attached hydrogens (primary N) is 2. The summed E-state index contributed by atoms with van der Waals surface area (Å²) >= 11 is 0. The topological polar surface area (TPSA) is 81.1 Å². The average molecular weight is 237 g/mol. The van der Waals surface area contributed by atoms with Gasteiger partial charge in [-0.2, -0.15) is 0 Å². The van der Waals surface area contributed by atoms with Crippen LogP contribution in [0.5, 0.6) is 0 Å². The molecule has 5 heteroatoms. The Morgan fingerprint density at radius 2 is 2.18 bits per heavy atom. The molecule has 1 fully saturated rings. The maximum absolute atomic E-state index is 13.6. The van der Waals surface area contributed by atoms with E-state index in [1.165, 1.54) is 6.07 Å². The second kappa shape index (κ2) is 3.91. The molecule has 1 aliphatic carbocycles. The van der Waals surface area contributed by atoms with E-state index in [-0.39, 0.29) is 22.4 Å². The summed E-state index contributed by atoms with van der Waals surface area (Å²) in [6.45, 7) is 2.82. The Labute approximate surface area is 99.2 Å². The summed E-state index contributed by atoms with van der Waals surface area (Å²) in [4.78, 5) is 11.1. The number of hydrogen-bond donors (Lipinski definition) is 3. The fourth-order valence-corrected chi connectivity index (χ4v) is 1.64. The van der Waals surface area contributed by atoms with E-state index in [0.717, 1.165) is 18.9 Å². The van der Waals surface area contributed by atoms with Gasteiger partial charge in [-0.25, -0.2) is 4.39 Å². The zero-order valence-corrected chi connectivity index (χ0v) is 9.72. The molecule has 1 aliphatic rings. The summed E-state index contributed by atoms with van der Waals surface area (Å²) in [5.74, 6) is -1.11. The lowest BCUT2D eigenvalue weighted by atomic mass is 10.1. The van der Waals surface area contributed by atoms with Crippen LogP contribution < -0.4 is 16.8 Å². The summed E-state index contributed by atoms with van der Waals surface area (Å²) in [6.07, 6.45) is 2.28. The van der Waals surface area contributed by atoms with Crippen LogP contribution in [-0.4, -0.2) is 12.5 Å². The molecule has 4 nitrogen and oxygen atoms in total. The number of benzene rings is 1. The number of nitrogen functional groups attached to an aromatic ring is 1. The lowest BCUT2D eigenvalue weighted by Crippen LogP contribution is -2.17. The van der Waals surface area contributed by atoms with Crippen LogP contribution in [0.25, 0.3) is 0 Å². The van der Waals surface area contributed by atoms with Gasteiger partial charge in [-0.15, -0.1) is 0 Å². The Balaban J connectivity index is 2.20. The maximum Gasteiger partial charge on any atom is 0.250 e. The molecular weight excluding hydrogens is 221 g/mol. The second-order valence-electron chi connectivity index (χ2n) is 4.95. The van der Waals surface area contributed by atoms with Crippen LogP contribution in [0.15, 0.2) is 12.1 Å². The van der Waals surface area contributed by atoms with Gasteiger partial charge in [0.05, 0.1) is 11.3 Å². The molecule has 1 saturated carbocycles. The number of nitrogens with one attached hydrogen (secondary N) is 1. The van der Waals surface area contributed by atoms with E-state index in [0.29, 0.717) is 6.54 Å². The van der Waals surface area contributed by atoms with Crippen LogP contribution in [0.3, 0.4) is 0 Å². The number of hydrogen-bond acceptors (Lipinski definition) is 3. The normalized spacial score (nSPS) is 16.6. The maximum atomic E-state index is 13.6. The minimum Gasteiger partial charge on any atom is -0.398 e. The van der Waals surface area contributed by atoms with E-state index >= 15 is 0 Å². The number of carbonyl (C=O) groups is 1. The first kappa shape index (κ1) is 11.7. The molecule has 0 heterocycles. The highest BCUT2D eigenvalue weighted by Crippen LogP contribution is 2.44. The fraction of sp³-hybridized carbons (Fsp3) is 0.417. The lowest BCUT2D eigenvalue weighted by molar-refractivity contribution is 0.100. The van der Waals surface area contributed by atoms with Crippen molar-refractivity contribution in [1.29, 1.82) is 0 Å². The first-order chi connectivity index (χ1) is 7.91. The number of rotatable bonds is 4. The second-order valence-corrected chi connectivity index (χ2v) is 4.95. The molecule has 0 bridgehead atoms. The van der Waals surface area contributed by atoms with Gasteiger partial charge in [0.15, 0.2) is 0 Å². The number of halogens is 1. The first-order valence-corrected chi connectivity index (χ1v) is 5.54. The van der Waals surface area contributed by atoms with Crippen molar-refractivity contribution < 1.29 is 9.18 Å². The monoisotopic (exact) mass is 237 g/mol. The zero-order valence-electron chi connectivity index (χ0n) is 9.72. The number of carbonyl (C=O) groups excluding carboxylic acids is 1. The van der Waals surface area contributed by atoms with E-state index in [4.69, 9.17) is 11.5 Å². The zero-order chi connectivity index (χ0) is 12.6. The molecule has 1 amide bonds. The minimum absolute atomic E-state index is 0.0678. The van der Waals surface area contributed by atoms with Gasteiger partial charge in [-0.3, -0.25) is 4.79 Å². The number of amides is 1. The lowest BCUT2D eigenvalue weighted by Gasteiger charge is -2.13. The van der Waals surface area contributed by atoms with E-state index in [1.54, 1.807) is 0 Å². The summed E-state index contributed by atoms with van der Waals surface area (Å²) < 4.78 is 13.6. The van der Waals surface area contributed by atoms with Gasteiger partial charge in [-0.1, -0.05) is 6.92 Å². The molecule has 5 N–H and O–H groups in total. The van der Waals surface area contributed by atoms with Gasteiger partial charge in [0, 0.05) is 12.2 Å². The quantitative estimate of drug-likeness (QED) is 0.697. The molecule has 2 rings (SSSR count). The summed E-state index contributed by atoms with van der Waals surface area (Å²) in [7, 11) is 0. The highest BCUT2D eigenvalue weighted by Gasteiger charge is 2.36. The van der Waals surface area contributed by atoms with Crippen molar-refractivity contribution in [3.63, 3.8) is 0 Å². The third kappa shape index (κ3) is 2.49. The molecule has 0 unspecified atom stereocenters. The van der Waals surface area contributed by atoms with Crippen LogP contribution in [0.2, 0.25) is 0 Å². The number of anilines is 2. The average Bonchev–Trinajstić information content (AvgIpc) is 2.95. The van der Waals surface area contributed by atoms with Crippen molar-refractivity contribution in [3.8, 4) is 0 Å². The molecule has 0 spiro atoms. The number of primary amides is 1. The third-order valence-corrected chi connectivity index (χ3v) is 3.21. The molecule has 0 aliphatic heterocycles. The van der Waals surface area contributed by atoms with Crippen LogP contribution in [0.1, 0.15) is 30.1 Å². The Morgan fingerprint density at radius 1 is 1.53 bits per heavy atom. The first-order valence-electron chi connectivity index (χ1n) is 5.54. The van der Waals surface area contributed by atoms with Crippen molar-refractivity contribution in [2.24, 2.45) is 11.1 Å². The highest BCUT2D eigenvalue weighted by atomic mass is 19.1. The Bertz CT molecular complexity index is 469. The fourth-order valence-electron chi connectivity index (χ4n) is 1.64. The minimum atomic E-state index is -0.650. The van der Waals surface area contributed by atoms with Crippen molar-refractivity contribution in [3.05, 3.63) is 23.5 Å². The summed E-state index contributed by atoms with van der Waals surface area (Å²) in [5, 5.41) is 3.00. The largest absolute Gasteiger partial charge is 0.398 e. The summed E-state index contributed by atoms with van der Waals surface area (Å²) in [6, 6.07) is 2.50. The Hall–Kier alpha value is -1.78. The smallest absolute Gasteiger partial charge is 0.250 e. The van der Waals surface area contributed by atoms with Gasteiger partial charge in [0.2, 0.25) is 0 Å². The third-order valence-electron chi connectivity index (χ3n) is 3.21. The van der Waals surface area contributed by atoms with Gasteiger partial charge >= 0.3 is 0 Å². The van der Waals surface area contributed by atoms with Crippen LogP contribution >= 0.6 is 0 Å². The van der Waals surface area contributed by atoms with Crippen molar-refractivity contribution in [1.82, 2.24) is 0 Å². The summed E-state index contributed by atoms with van der Waals surface area (Å²) in [5.41, 5.74) is 11.4. The Morgan fingerprint density at radius 3 is 2.71 bits per heavy atom. The molecule has 0 saturated heterocycles. The van der Waals surface area contributed by atoms with Gasteiger partial charge in [0.25, 0.3) is 5.91 Å². The van der Waals surface area contributed by atoms with Crippen molar-refractivity contribution in [2.45, 2.75) is 19.8 Å². The van der Waals surface area contributed by atoms with Crippen LogP contribution in [0, 0.1) is 11.2 Å². The van der Waals surface area contributed by atoms with Crippen LogP contribution in [0.4, 0.5) is 15.8 Å². The van der Waals surface area contributed by atoms with Gasteiger partial charge in [-0.05, 0) is 30.4 Å². The molecule has 17 heavy (non-hydrogen) atoms. The van der Waals surface area contributed by atoms with E-state index < -0.39 is 11.7 Å². The molecule has 0 aromatic heterocycles. The van der Waals surface area contributed by atoms with Gasteiger partial charge < -0.3 is 16.8 Å². The highest BCUT2D eigenvalue weighted by molar-refractivity contribution is 5.99. The van der Waals surface area contributed by atoms with Crippen molar-refractivity contribution in [2.75, 3.05) is 17.6 Å². The predicted molar refractivity (Wildman–Crippen MR) is 65.2 cm³/mol. The SMILES string of the molecule is CC1(CNc2cc(C(N)=O)c(N)cc2F)CC1. The van der Waals surface area contributed by atoms with E-state index in [1.807, 2.05) is 0 Å². The standard InChI is InChI=1S/C12H16FN3O/c1-12(2-3-12)6-16-10-4-7(11(15)17)9(14)5-8(10)13/h4-5,16H,2-3,6,14H2,1H3,(H2,15,17). The molecular formula is C12H16FN3O. The molecule has 0 radical (unpaired) electrons. The van der Waals surface area contributed by atoms with Crippen LogP contribution in [-0.2, 0) is 0 Å². The van der Waals surface area contributed by atoms with Crippen molar-refractivity contribution >= 4 is 17.3 Å². The van der Waals surface area contributed by atoms with E-state index in [9.17, 15) is 9.18 Å². The molecule has 0 atom stereocenters. The molecule has 1 aromatic carbocycles. The van der Waals surface area contributed by atoms with Gasteiger partial charge in [0.1, 0.15) is 5.82 Å². The molecule has 92 valence electrons.